The van der Waals surface area contributed by atoms with Gasteiger partial charge in [-0.15, -0.1) is 0 Å². The Kier molecular flexibility index (Phi) is 8.88. The summed E-state index contributed by atoms with van der Waals surface area (Å²) in [6.45, 7) is 0.407. The molecule has 0 aromatic heterocycles. The number of amides is 2. The number of nitrogens with one attached hydrogen (secondary N) is 2. The molecule has 0 bridgehead atoms. The van der Waals surface area contributed by atoms with Gasteiger partial charge in [0.05, 0.1) is 6.04 Å². The number of carboxylic acid groups (broad SMARTS) is 1. The molecule has 1 fully saturated rings. The predicted octanol–water partition coefficient (Wildman–Crippen LogP) is 3.49. The van der Waals surface area contributed by atoms with Gasteiger partial charge in [0.2, 0.25) is 5.91 Å². The van der Waals surface area contributed by atoms with Crippen LogP contribution in [-0.2, 0) is 14.3 Å². The molecule has 0 radical (unpaired) electrons. The molecule has 3 unspecified atom stereocenters. The lowest BCUT2D eigenvalue weighted by Crippen LogP contribution is -2.49. The van der Waals surface area contributed by atoms with E-state index in [1.807, 2.05) is 24.3 Å². The number of carboxylic acids is 1. The molecule has 2 aromatic carbocycles. The summed E-state index contributed by atoms with van der Waals surface area (Å²) < 4.78 is 5.51. The SMILES string of the molecule is NC1C(NC(=O)CCNC(=O)OCC2c3ccccc3-c3ccccc32)CSC1CCCCC(=O)O. The molecule has 192 valence electrons. The third kappa shape index (κ3) is 6.39. The van der Waals surface area contributed by atoms with Gasteiger partial charge in [0, 0.05) is 42.3 Å². The van der Waals surface area contributed by atoms with Crippen LogP contribution >= 0.6 is 11.8 Å². The van der Waals surface area contributed by atoms with Gasteiger partial charge in [-0.05, 0) is 35.1 Å². The predicted molar refractivity (Wildman–Crippen MR) is 140 cm³/mol. The summed E-state index contributed by atoms with van der Waals surface area (Å²) in [5, 5.41) is 14.6. The number of unbranched alkanes of at least 4 members (excludes halogenated alkanes) is 1. The minimum Gasteiger partial charge on any atom is -0.481 e. The van der Waals surface area contributed by atoms with Crippen LogP contribution in [0.3, 0.4) is 0 Å². The van der Waals surface area contributed by atoms with Crippen LogP contribution in [0.4, 0.5) is 4.79 Å². The fraction of sp³-hybridized carbons (Fsp3) is 0.444. The highest BCUT2D eigenvalue weighted by Gasteiger charge is 2.34. The quantitative estimate of drug-likeness (QED) is 0.340. The minimum atomic E-state index is -0.782. The maximum absolute atomic E-state index is 12.4. The second-order valence-corrected chi connectivity index (χ2v) is 10.5. The van der Waals surface area contributed by atoms with E-state index in [9.17, 15) is 14.4 Å². The minimum absolute atomic E-state index is 0.00937. The summed E-state index contributed by atoms with van der Waals surface area (Å²) in [5.74, 6) is -0.224. The van der Waals surface area contributed by atoms with E-state index in [-0.39, 0.29) is 55.2 Å². The Morgan fingerprint density at radius 2 is 1.67 bits per heavy atom. The van der Waals surface area contributed by atoms with Crippen molar-refractivity contribution in [2.24, 2.45) is 5.73 Å². The molecule has 4 rings (SSSR count). The van der Waals surface area contributed by atoms with Crippen LogP contribution < -0.4 is 16.4 Å². The molecule has 9 heteroatoms. The van der Waals surface area contributed by atoms with Gasteiger partial charge in [-0.2, -0.15) is 11.8 Å². The number of fused-ring (bicyclic) bond motifs is 3. The normalized spacial score (nSPS) is 20.4. The van der Waals surface area contributed by atoms with Crippen LogP contribution in [0, 0.1) is 0 Å². The molecule has 8 nitrogen and oxygen atoms in total. The van der Waals surface area contributed by atoms with Gasteiger partial charge in [-0.25, -0.2) is 4.79 Å². The van der Waals surface area contributed by atoms with Crippen LogP contribution in [0.5, 0.6) is 0 Å². The largest absolute Gasteiger partial charge is 0.481 e. The molecule has 5 N–H and O–H groups in total. The molecular formula is C27H33N3O5S. The molecule has 1 heterocycles. The van der Waals surface area contributed by atoms with E-state index >= 15 is 0 Å². The first-order valence-corrected chi connectivity index (χ1v) is 13.5. The lowest BCUT2D eigenvalue weighted by Gasteiger charge is -2.20. The number of hydrogen-bond acceptors (Lipinski definition) is 6. The number of benzene rings is 2. The zero-order chi connectivity index (χ0) is 25.5. The molecule has 1 aliphatic heterocycles. The van der Waals surface area contributed by atoms with Crippen molar-refractivity contribution in [1.82, 2.24) is 10.6 Å². The van der Waals surface area contributed by atoms with Crippen molar-refractivity contribution < 1.29 is 24.2 Å². The second-order valence-electron chi connectivity index (χ2n) is 9.26. The number of carbonyl (C=O) groups excluding carboxylic acids is 2. The highest BCUT2D eigenvalue weighted by molar-refractivity contribution is 8.00. The second kappa shape index (κ2) is 12.3. The van der Waals surface area contributed by atoms with Crippen LogP contribution in [0.15, 0.2) is 48.5 Å². The number of ether oxygens (including phenoxy) is 1. The standard InChI is InChI=1S/C27H33N3O5S/c28-26-22(16-36-23(26)11-5-6-12-25(32)33)30-24(31)13-14-29-27(34)35-15-21-19-9-3-1-7-17(19)18-8-2-4-10-20(18)21/h1-4,7-10,21-23,26H,5-6,11-16,28H2,(H,29,34)(H,30,31)(H,32,33). The molecular weight excluding hydrogens is 478 g/mol. The fourth-order valence-electron chi connectivity index (χ4n) is 4.95. The molecule has 1 saturated heterocycles. The van der Waals surface area contributed by atoms with Crippen LogP contribution in [0.2, 0.25) is 0 Å². The summed E-state index contributed by atoms with van der Waals surface area (Å²) in [6, 6.07) is 16.0. The van der Waals surface area contributed by atoms with Gasteiger partial charge >= 0.3 is 12.1 Å². The highest BCUT2D eigenvalue weighted by Crippen LogP contribution is 2.44. The lowest BCUT2D eigenvalue weighted by molar-refractivity contribution is -0.137. The van der Waals surface area contributed by atoms with Gasteiger partial charge in [-0.3, -0.25) is 9.59 Å². The summed E-state index contributed by atoms with van der Waals surface area (Å²) in [5.41, 5.74) is 11.0. The first kappa shape index (κ1) is 26.0. The molecule has 2 aliphatic rings. The third-order valence-electron chi connectivity index (χ3n) is 6.82. The Morgan fingerprint density at radius 1 is 1.00 bits per heavy atom. The van der Waals surface area contributed by atoms with Crippen molar-refractivity contribution >= 4 is 29.7 Å². The molecule has 0 spiro atoms. The third-order valence-corrected chi connectivity index (χ3v) is 8.35. The van der Waals surface area contributed by atoms with E-state index in [4.69, 9.17) is 15.6 Å². The molecule has 3 atom stereocenters. The molecule has 0 saturated carbocycles. The number of alkyl carbamates (subject to hydrolysis) is 1. The zero-order valence-electron chi connectivity index (χ0n) is 20.2. The van der Waals surface area contributed by atoms with E-state index in [0.29, 0.717) is 6.42 Å². The van der Waals surface area contributed by atoms with Gasteiger partial charge < -0.3 is 26.2 Å². The first-order valence-electron chi connectivity index (χ1n) is 12.4. The Bertz CT molecular complexity index is 1050. The van der Waals surface area contributed by atoms with Crippen LogP contribution in [-0.4, -0.2) is 59.3 Å². The maximum Gasteiger partial charge on any atom is 0.407 e. The smallest absolute Gasteiger partial charge is 0.407 e. The van der Waals surface area contributed by atoms with Crippen molar-refractivity contribution in [3.05, 3.63) is 59.7 Å². The van der Waals surface area contributed by atoms with Crippen molar-refractivity contribution in [2.75, 3.05) is 18.9 Å². The monoisotopic (exact) mass is 511 g/mol. The van der Waals surface area contributed by atoms with Gasteiger partial charge in [0.15, 0.2) is 0 Å². The molecule has 2 aromatic rings. The van der Waals surface area contributed by atoms with Gasteiger partial charge in [0.25, 0.3) is 0 Å². The van der Waals surface area contributed by atoms with Crippen LogP contribution in [0.1, 0.15) is 49.1 Å². The summed E-state index contributed by atoms with van der Waals surface area (Å²) in [6.07, 6.45) is 2.05. The van der Waals surface area contributed by atoms with Gasteiger partial charge in [0.1, 0.15) is 6.61 Å². The van der Waals surface area contributed by atoms with Crippen molar-refractivity contribution in [3.63, 3.8) is 0 Å². The summed E-state index contributed by atoms with van der Waals surface area (Å²) in [4.78, 5) is 35.3. The summed E-state index contributed by atoms with van der Waals surface area (Å²) in [7, 11) is 0. The average molecular weight is 512 g/mol. The molecule has 36 heavy (non-hydrogen) atoms. The lowest BCUT2D eigenvalue weighted by atomic mass is 9.98. The van der Waals surface area contributed by atoms with E-state index in [2.05, 4.69) is 34.9 Å². The van der Waals surface area contributed by atoms with E-state index in [0.717, 1.165) is 29.7 Å². The number of nitrogens with two attached hydrogens (primary N) is 1. The number of carbonyl (C=O) groups is 3. The van der Waals surface area contributed by atoms with E-state index in [1.54, 1.807) is 11.8 Å². The number of rotatable bonds is 11. The molecule has 1 aliphatic carbocycles. The number of hydrogen-bond donors (Lipinski definition) is 4. The van der Waals surface area contributed by atoms with Crippen molar-refractivity contribution in [2.45, 2.75) is 55.4 Å². The average Bonchev–Trinajstić information content (AvgIpc) is 3.37. The van der Waals surface area contributed by atoms with Gasteiger partial charge in [-0.1, -0.05) is 55.0 Å². The van der Waals surface area contributed by atoms with Crippen molar-refractivity contribution in [3.8, 4) is 11.1 Å². The zero-order valence-corrected chi connectivity index (χ0v) is 21.0. The number of thioether (sulfide) groups is 1. The Labute approximate surface area is 215 Å². The maximum atomic E-state index is 12.4. The van der Waals surface area contributed by atoms with Crippen molar-refractivity contribution in [1.29, 1.82) is 0 Å². The summed E-state index contributed by atoms with van der Waals surface area (Å²) >= 11 is 1.72. The fourth-order valence-corrected chi connectivity index (χ4v) is 6.46. The van der Waals surface area contributed by atoms with Crippen LogP contribution in [0.25, 0.3) is 11.1 Å². The topological polar surface area (TPSA) is 131 Å². The number of aliphatic carboxylic acids is 1. The van der Waals surface area contributed by atoms with E-state index < -0.39 is 12.1 Å². The Morgan fingerprint density at radius 3 is 2.33 bits per heavy atom. The highest BCUT2D eigenvalue weighted by atomic mass is 32.2. The molecule has 2 amide bonds. The first-order chi connectivity index (χ1) is 17.4. The Hall–Kier alpha value is -3.04. The Balaban J connectivity index is 1.15. The van der Waals surface area contributed by atoms with E-state index in [1.165, 1.54) is 11.1 Å².